The average Bonchev–Trinajstić information content (AvgIpc) is 3.07. The number of carbonyl (C=O) groups excluding carboxylic acids is 1. The molecular weight excluding hydrogens is 342 g/mol. The van der Waals surface area contributed by atoms with E-state index in [4.69, 9.17) is 4.74 Å². The molecule has 0 unspecified atom stereocenters. The van der Waals surface area contributed by atoms with Gasteiger partial charge in [-0.25, -0.2) is 0 Å². The Kier molecular flexibility index (Phi) is 5.81. The molecule has 2 aromatic carbocycles. The Balaban J connectivity index is 1.46. The molecule has 0 bridgehead atoms. The SMILES string of the molecule is O=C(COc1ccccc1)Nc1nnc(SCc2ccccc2)s1. The normalized spacial score (nSPS) is 10.3. The molecule has 7 heteroatoms. The van der Waals surface area contributed by atoms with E-state index < -0.39 is 0 Å². The van der Waals surface area contributed by atoms with Gasteiger partial charge < -0.3 is 4.74 Å². The molecule has 1 heterocycles. The van der Waals surface area contributed by atoms with Gasteiger partial charge in [0.2, 0.25) is 5.13 Å². The van der Waals surface area contributed by atoms with Gasteiger partial charge in [0.1, 0.15) is 5.75 Å². The standard InChI is InChI=1S/C17H15N3O2S2/c21-15(11-22-14-9-5-2-6-10-14)18-16-19-20-17(24-16)23-12-13-7-3-1-4-8-13/h1-10H,11-12H2,(H,18,19,21). The van der Waals surface area contributed by atoms with E-state index in [9.17, 15) is 4.79 Å². The van der Waals surface area contributed by atoms with Crippen LogP contribution in [0.3, 0.4) is 0 Å². The van der Waals surface area contributed by atoms with Crippen molar-refractivity contribution in [2.75, 3.05) is 11.9 Å². The highest BCUT2D eigenvalue weighted by molar-refractivity contribution is 8.00. The Hall–Kier alpha value is -2.38. The molecule has 0 atom stereocenters. The highest BCUT2D eigenvalue weighted by Gasteiger charge is 2.09. The molecular formula is C17H15N3O2S2. The van der Waals surface area contributed by atoms with E-state index in [-0.39, 0.29) is 12.5 Å². The molecule has 0 saturated carbocycles. The van der Waals surface area contributed by atoms with Gasteiger partial charge in [-0.05, 0) is 17.7 Å². The van der Waals surface area contributed by atoms with Crippen LogP contribution in [-0.4, -0.2) is 22.7 Å². The zero-order valence-corrected chi connectivity index (χ0v) is 14.3. The second-order valence-corrected chi connectivity index (χ2v) is 7.00. The predicted molar refractivity (Wildman–Crippen MR) is 96.5 cm³/mol. The van der Waals surface area contributed by atoms with Crippen molar-refractivity contribution in [3.8, 4) is 5.75 Å². The first-order chi connectivity index (χ1) is 11.8. The van der Waals surface area contributed by atoms with Crippen molar-refractivity contribution in [2.45, 2.75) is 10.1 Å². The van der Waals surface area contributed by atoms with Crippen molar-refractivity contribution in [1.29, 1.82) is 0 Å². The van der Waals surface area contributed by atoms with E-state index in [0.29, 0.717) is 10.9 Å². The van der Waals surface area contributed by atoms with Crippen LogP contribution >= 0.6 is 23.1 Å². The predicted octanol–water partition coefficient (Wildman–Crippen LogP) is 3.85. The summed E-state index contributed by atoms with van der Waals surface area (Å²) in [6, 6.07) is 19.3. The van der Waals surface area contributed by atoms with Gasteiger partial charge in [0.15, 0.2) is 10.9 Å². The number of benzene rings is 2. The molecule has 3 aromatic rings. The van der Waals surface area contributed by atoms with Crippen molar-refractivity contribution in [3.05, 3.63) is 66.2 Å². The Morgan fingerprint density at radius 3 is 2.50 bits per heavy atom. The number of amides is 1. The molecule has 0 aliphatic heterocycles. The third-order valence-electron chi connectivity index (χ3n) is 2.97. The maximum Gasteiger partial charge on any atom is 0.264 e. The largest absolute Gasteiger partial charge is 0.484 e. The fraction of sp³-hybridized carbons (Fsp3) is 0.118. The van der Waals surface area contributed by atoms with Crippen LogP contribution in [0.2, 0.25) is 0 Å². The van der Waals surface area contributed by atoms with Gasteiger partial charge in [-0.2, -0.15) is 0 Å². The van der Waals surface area contributed by atoms with Crippen LogP contribution in [0.4, 0.5) is 5.13 Å². The van der Waals surface area contributed by atoms with Gasteiger partial charge in [0.05, 0.1) is 0 Å². The first kappa shape index (κ1) is 16.5. The zero-order valence-electron chi connectivity index (χ0n) is 12.7. The highest BCUT2D eigenvalue weighted by atomic mass is 32.2. The minimum absolute atomic E-state index is 0.0594. The topological polar surface area (TPSA) is 64.1 Å². The summed E-state index contributed by atoms with van der Waals surface area (Å²) in [6.45, 7) is -0.0594. The molecule has 1 amide bonds. The van der Waals surface area contributed by atoms with Gasteiger partial charge in [0.25, 0.3) is 5.91 Å². The Bertz CT molecular complexity index is 779. The molecule has 24 heavy (non-hydrogen) atoms. The number of thioether (sulfide) groups is 1. The summed E-state index contributed by atoms with van der Waals surface area (Å²) in [5, 5.41) is 11.2. The first-order valence-corrected chi connectivity index (χ1v) is 9.08. The number of aromatic nitrogens is 2. The monoisotopic (exact) mass is 357 g/mol. The van der Waals surface area contributed by atoms with Crippen molar-refractivity contribution >= 4 is 34.1 Å². The fourth-order valence-electron chi connectivity index (χ4n) is 1.86. The van der Waals surface area contributed by atoms with E-state index in [2.05, 4.69) is 27.6 Å². The smallest absolute Gasteiger partial charge is 0.264 e. The number of ether oxygens (including phenoxy) is 1. The summed E-state index contributed by atoms with van der Waals surface area (Å²) in [7, 11) is 0. The minimum Gasteiger partial charge on any atom is -0.484 e. The Morgan fingerprint density at radius 1 is 1.04 bits per heavy atom. The van der Waals surface area contributed by atoms with E-state index in [1.54, 1.807) is 23.9 Å². The van der Waals surface area contributed by atoms with Crippen LogP contribution in [0.1, 0.15) is 5.56 Å². The number of hydrogen-bond acceptors (Lipinski definition) is 6. The van der Waals surface area contributed by atoms with Crippen LogP contribution in [0, 0.1) is 0 Å². The van der Waals surface area contributed by atoms with Gasteiger partial charge in [0, 0.05) is 5.75 Å². The van der Waals surface area contributed by atoms with Crippen molar-refractivity contribution in [3.63, 3.8) is 0 Å². The van der Waals surface area contributed by atoms with Gasteiger partial charge in [-0.1, -0.05) is 71.6 Å². The molecule has 3 rings (SSSR count). The Labute approximate surface area is 148 Å². The number of carbonyl (C=O) groups is 1. The van der Waals surface area contributed by atoms with Gasteiger partial charge >= 0.3 is 0 Å². The van der Waals surface area contributed by atoms with Crippen molar-refractivity contribution in [2.24, 2.45) is 0 Å². The highest BCUT2D eigenvalue weighted by Crippen LogP contribution is 2.28. The number of anilines is 1. The van der Waals surface area contributed by atoms with Crippen LogP contribution in [0.5, 0.6) is 5.75 Å². The summed E-state index contributed by atoms with van der Waals surface area (Å²) >= 11 is 2.95. The molecule has 122 valence electrons. The maximum absolute atomic E-state index is 11.9. The summed E-state index contributed by atoms with van der Waals surface area (Å²) < 4.78 is 6.21. The summed E-state index contributed by atoms with van der Waals surface area (Å²) in [5.74, 6) is 1.22. The molecule has 0 aliphatic rings. The number of rotatable bonds is 7. The fourth-order valence-corrected chi connectivity index (χ4v) is 3.58. The molecule has 0 fully saturated rings. The number of hydrogen-bond donors (Lipinski definition) is 1. The quantitative estimate of drug-likeness (QED) is 0.514. The molecule has 5 nitrogen and oxygen atoms in total. The molecule has 0 radical (unpaired) electrons. The third kappa shape index (κ3) is 5.07. The summed E-state index contributed by atoms with van der Waals surface area (Å²) in [4.78, 5) is 11.9. The molecule has 0 aliphatic carbocycles. The van der Waals surface area contributed by atoms with E-state index in [1.807, 2.05) is 36.4 Å². The van der Waals surface area contributed by atoms with E-state index in [0.717, 1.165) is 10.1 Å². The summed E-state index contributed by atoms with van der Waals surface area (Å²) in [5.41, 5.74) is 1.22. The van der Waals surface area contributed by atoms with Crippen molar-refractivity contribution < 1.29 is 9.53 Å². The molecule has 0 saturated heterocycles. The number of nitrogens with zero attached hydrogens (tertiary/aromatic N) is 2. The lowest BCUT2D eigenvalue weighted by Crippen LogP contribution is -2.20. The number of nitrogens with one attached hydrogen (secondary N) is 1. The maximum atomic E-state index is 11.9. The van der Waals surface area contributed by atoms with Crippen molar-refractivity contribution in [1.82, 2.24) is 10.2 Å². The van der Waals surface area contributed by atoms with Crippen LogP contribution in [0.15, 0.2) is 65.0 Å². The lowest BCUT2D eigenvalue weighted by molar-refractivity contribution is -0.118. The number of para-hydroxylation sites is 1. The molecule has 0 spiro atoms. The average molecular weight is 357 g/mol. The summed E-state index contributed by atoms with van der Waals surface area (Å²) in [6.07, 6.45) is 0. The third-order valence-corrected chi connectivity index (χ3v) is 5.01. The minimum atomic E-state index is -0.255. The van der Waals surface area contributed by atoms with Gasteiger partial charge in [-0.15, -0.1) is 10.2 Å². The van der Waals surface area contributed by atoms with E-state index >= 15 is 0 Å². The zero-order chi connectivity index (χ0) is 16.6. The second-order valence-electron chi connectivity index (χ2n) is 4.80. The first-order valence-electron chi connectivity index (χ1n) is 7.27. The Morgan fingerprint density at radius 2 is 1.75 bits per heavy atom. The van der Waals surface area contributed by atoms with Crippen LogP contribution in [0.25, 0.3) is 0 Å². The van der Waals surface area contributed by atoms with E-state index in [1.165, 1.54) is 16.9 Å². The van der Waals surface area contributed by atoms with Crippen LogP contribution in [-0.2, 0) is 10.5 Å². The molecule has 1 aromatic heterocycles. The second kappa shape index (κ2) is 8.47. The van der Waals surface area contributed by atoms with Gasteiger partial charge in [-0.3, -0.25) is 10.1 Å². The lowest BCUT2D eigenvalue weighted by Gasteiger charge is -2.04. The lowest BCUT2D eigenvalue weighted by atomic mass is 10.2. The van der Waals surface area contributed by atoms with Crippen LogP contribution < -0.4 is 10.1 Å². The molecule has 1 N–H and O–H groups in total.